The van der Waals surface area contributed by atoms with Crippen LogP contribution in [0.2, 0.25) is 5.02 Å². The second-order valence-corrected chi connectivity index (χ2v) is 8.18. The summed E-state index contributed by atoms with van der Waals surface area (Å²) in [4.78, 5) is 8.04. The number of halogens is 1. The number of hydrogen-bond donors (Lipinski definition) is 3. The van der Waals surface area contributed by atoms with Crippen molar-refractivity contribution >= 4 is 39.1 Å². The van der Waals surface area contributed by atoms with E-state index in [-0.39, 0.29) is 17.0 Å². The Hall–Kier alpha value is -2.16. The number of sulfone groups is 1. The number of rotatable bonds is 4. The molecule has 1 aliphatic heterocycles. The maximum Gasteiger partial charge on any atom is 0.224 e. The zero-order chi connectivity index (χ0) is 18.2. The van der Waals surface area contributed by atoms with Crippen LogP contribution < -0.4 is 10.6 Å². The molecular formula is C16H17ClN4O3S. The molecule has 0 radical (unpaired) electrons. The molecule has 0 saturated heterocycles. The maximum atomic E-state index is 11.6. The number of aliphatic hydroxyl groups excluding tert-OH is 1. The Morgan fingerprint density at radius 3 is 2.84 bits per heavy atom. The molecule has 0 fully saturated rings. The number of aromatic nitrogens is 2. The SMILES string of the molecule is C[C@H](Nc1nccc(S(C)(=O)=O)n1)C1=Cc2cc(Cl)ccc2NC1O. The normalized spacial score (nSPS) is 17.9. The molecule has 1 aromatic carbocycles. The lowest BCUT2D eigenvalue weighted by atomic mass is 9.98. The van der Waals surface area contributed by atoms with E-state index in [9.17, 15) is 13.5 Å². The zero-order valence-corrected chi connectivity index (χ0v) is 15.1. The second-order valence-electron chi connectivity index (χ2n) is 5.78. The van der Waals surface area contributed by atoms with Crippen LogP contribution in [0.15, 0.2) is 41.1 Å². The molecule has 0 spiro atoms. The molecule has 0 amide bonds. The molecule has 3 rings (SSSR count). The molecule has 9 heteroatoms. The van der Waals surface area contributed by atoms with Gasteiger partial charge in [-0.2, -0.15) is 0 Å². The van der Waals surface area contributed by atoms with Crippen LogP contribution in [0.1, 0.15) is 12.5 Å². The van der Waals surface area contributed by atoms with Gasteiger partial charge in [-0.05, 0) is 42.8 Å². The summed E-state index contributed by atoms with van der Waals surface area (Å²) in [5.41, 5.74) is 2.29. The van der Waals surface area contributed by atoms with E-state index in [1.54, 1.807) is 18.2 Å². The fraction of sp³-hybridized carbons (Fsp3) is 0.250. The van der Waals surface area contributed by atoms with Crippen LogP contribution in [0.4, 0.5) is 11.6 Å². The predicted octanol–water partition coefficient (Wildman–Crippen LogP) is 2.16. The molecule has 132 valence electrons. The fourth-order valence-corrected chi connectivity index (χ4v) is 3.27. The maximum absolute atomic E-state index is 11.6. The molecule has 1 unspecified atom stereocenters. The Balaban J connectivity index is 1.87. The average molecular weight is 381 g/mol. The van der Waals surface area contributed by atoms with Gasteiger partial charge in [0.05, 0.1) is 6.04 Å². The van der Waals surface area contributed by atoms with Gasteiger partial charge < -0.3 is 15.7 Å². The summed E-state index contributed by atoms with van der Waals surface area (Å²) in [5.74, 6) is 0.167. The van der Waals surface area contributed by atoms with Crippen molar-refractivity contribution in [2.24, 2.45) is 0 Å². The molecule has 0 aliphatic carbocycles. The van der Waals surface area contributed by atoms with Crippen LogP contribution in [-0.2, 0) is 9.84 Å². The molecular weight excluding hydrogens is 364 g/mol. The molecule has 25 heavy (non-hydrogen) atoms. The van der Waals surface area contributed by atoms with Crippen LogP contribution >= 0.6 is 11.6 Å². The van der Waals surface area contributed by atoms with E-state index in [0.717, 1.165) is 17.5 Å². The third-order valence-corrected chi connectivity index (χ3v) is 5.02. The summed E-state index contributed by atoms with van der Waals surface area (Å²) >= 11 is 6.02. The summed E-state index contributed by atoms with van der Waals surface area (Å²) in [7, 11) is -3.42. The van der Waals surface area contributed by atoms with E-state index < -0.39 is 16.1 Å². The number of anilines is 2. The minimum atomic E-state index is -3.42. The van der Waals surface area contributed by atoms with Crippen molar-refractivity contribution in [3.05, 3.63) is 46.6 Å². The van der Waals surface area contributed by atoms with E-state index in [0.29, 0.717) is 10.6 Å². The Labute approximate surface area is 150 Å². The third-order valence-electron chi connectivity index (χ3n) is 3.80. The quantitative estimate of drug-likeness (QED) is 0.698. The van der Waals surface area contributed by atoms with Crippen LogP contribution in [0.25, 0.3) is 6.08 Å². The van der Waals surface area contributed by atoms with Crippen LogP contribution in [0.3, 0.4) is 0 Å². The summed E-state index contributed by atoms with van der Waals surface area (Å²) in [5, 5.41) is 16.9. The topological polar surface area (TPSA) is 104 Å². The van der Waals surface area contributed by atoms with Gasteiger partial charge in [0.1, 0.15) is 6.23 Å². The van der Waals surface area contributed by atoms with E-state index in [1.165, 1.54) is 12.3 Å². The molecule has 1 aliphatic rings. The first-order valence-electron chi connectivity index (χ1n) is 7.49. The highest BCUT2D eigenvalue weighted by atomic mass is 35.5. The van der Waals surface area contributed by atoms with E-state index in [2.05, 4.69) is 20.6 Å². The van der Waals surface area contributed by atoms with Gasteiger partial charge in [0.2, 0.25) is 5.95 Å². The number of benzene rings is 1. The number of hydrogen-bond acceptors (Lipinski definition) is 7. The fourth-order valence-electron chi connectivity index (χ4n) is 2.53. The number of nitrogens with one attached hydrogen (secondary N) is 2. The lowest BCUT2D eigenvalue weighted by Crippen LogP contribution is -2.34. The summed E-state index contributed by atoms with van der Waals surface area (Å²) in [6.45, 7) is 1.82. The molecule has 0 saturated carbocycles. The van der Waals surface area contributed by atoms with Crippen molar-refractivity contribution in [3.63, 3.8) is 0 Å². The minimum absolute atomic E-state index is 0.0642. The summed E-state index contributed by atoms with van der Waals surface area (Å²) in [6, 6.07) is 6.32. The Morgan fingerprint density at radius 1 is 1.36 bits per heavy atom. The van der Waals surface area contributed by atoms with Crippen molar-refractivity contribution in [2.75, 3.05) is 16.9 Å². The highest BCUT2D eigenvalue weighted by molar-refractivity contribution is 7.90. The van der Waals surface area contributed by atoms with E-state index in [4.69, 9.17) is 11.6 Å². The Morgan fingerprint density at radius 2 is 2.12 bits per heavy atom. The highest BCUT2D eigenvalue weighted by Gasteiger charge is 2.23. The van der Waals surface area contributed by atoms with E-state index >= 15 is 0 Å². The lowest BCUT2D eigenvalue weighted by Gasteiger charge is -2.28. The summed E-state index contributed by atoms with van der Waals surface area (Å²) in [6.07, 6.45) is 3.40. The van der Waals surface area contributed by atoms with Crippen LogP contribution in [0.5, 0.6) is 0 Å². The predicted molar refractivity (Wildman–Crippen MR) is 97.3 cm³/mol. The van der Waals surface area contributed by atoms with Crippen molar-refractivity contribution in [3.8, 4) is 0 Å². The second kappa shape index (κ2) is 6.62. The largest absolute Gasteiger partial charge is 0.370 e. The van der Waals surface area contributed by atoms with Crippen LogP contribution in [-0.4, -0.2) is 42.0 Å². The van der Waals surface area contributed by atoms with Gasteiger partial charge in [-0.15, -0.1) is 0 Å². The average Bonchev–Trinajstić information content (AvgIpc) is 2.54. The first-order valence-corrected chi connectivity index (χ1v) is 9.76. The Kier molecular flexibility index (Phi) is 4.68. The number of nitrogens with zero attached hydrogens (tertiary/aromatic N) is 2. The van der Waals surface area contributed by atoms with Gasteiger partial charge in [0.15, 0.2) is 14.9 Å². The van der Waals surface area contributed by atoms with Crippen molar-refractivity contribution < 1.29 is 13.5 Å². The molecule has 2 heterocycles. The number of fused-ring (bicyclic) bond motifs is 1. The standard InChI is InChI=1S/C16H17ClN4O3S/c1-9(19-16-18-6-5-14(21-16)25(2,23)24)12-8-10-7-11(17)3-4-13(10)20-15(12)22/h3-9,15,20,22H,1-2H3,(H,18,19,21)/t9-,15?/m0/s1. The van der Waals surface area contributed by atoms with E-state index in [1.807, 2.05) is 13.0 Å². The van der Waals surface area contributed by atoms with Gasteiger partial charge in [-0.1, -0.05) is 11.6 Å². The molecule has 2 aromatic rings. The lowest BCUT2D eigenvalue weighted by molar-refractivity contribution is 0.234. The Bertz CT molecular complexity index is 946. The smallest absolute Gasteiger partial charge is 0.224 e. The van der Waals surface area contributed by atoms with Crippen molar-refractivity contribution in [1.82, 2.24) is 9.97 Å². The van der Waals surface area contributed by atoms with Crippen molar-refractivity contribution in [1.29, 1.82) is 0 Å². The van der Waals surface area contributed by atoms with Gasteiger partial charge in [-0.3, -0.25) is 0 Å². The monoisotopic (exact) mass is 380 g/mol. The van der Waals surface area contributed by atoms with Crippen LogP contribution in [0, 0.1) is 0 Å². The molecule has 3 N–H and O–H groups in total. The minimum Gasteiger partial charge on any atom is -0.370 e. The molecule has 7 nitrogen and oxygen atoms in total. The molecule has 0 bridgehead atoms. The van der Waals surface area contributed by atoms with Gasteiger partial charge >= 0.3 is 0 Å². The number of aliphatic hydroxyl groups is 1. The first kappa shape index (κ1) is 17.7. The highest BCUT2D eigenvalue weighted by Crippen LogP contribution is 2.30. The van der Waals surface area contributed by atoms with Gasteiger partial charge in [0, 0.05) is 28.7 Å². The first-order chi connectivity index (χ1) is 11.7. The van der Waals surface area contributed by atoms with Gasteiger partial charge in [0.25, 0.3) is 0 Å². The molecule has 2 atom stereocenters. The molecule has 1 aromatic heterocycles. The van der Waals surface area contributed by atoms with Gasteiger partial charge in [-0.25, -0.2) is 18.4 Å². The van der Waals surface area contributed by atoms with Crippen molar-refractivity contribution in [2.45, 2.75) is 24.2 Å². The summed E-state index contributed by atoms with van der Waals surface area (Å²) < 4.78 is 23.2. The zero-order valence-electron chi connectivity index (χ0n) is 13.6. The third kappa shape index (κ3) is 3.92.